The molecular formula is C23H24N2O3S. The van der Waals surface area contributed by atoms with Crippen molar-refractivity contribution in [3.63, 3.8) is 0 Å². The van der Waals surface area contributed by atoms with Crippen LogP contribution in [0.15, 0.2) is 83.8 Å². The second-order valence-electron chi connectivity index (χ2n) is 6.94. The van der Waals surface area contributed by atoms with E-state index >= 15 is 0 Å². The largest absolute Gasteiger partial charge is 0.346 e. The molecule has 29 heavy (non-hydrogen) atoms. The van der Waals surface area contributed by atoms with Crippen LogP contribution in [0.3, 0.4) is 0 Å². The third-order valence-corrected chi connectivity index (χ3v) is 6.08. The van der Waals surface area contributed by atoms with Crippen LogP contribution in [-0.4, -0.2) is 14.3 Å². The fraction of sp³-hybridized carbons (Fsp3) is 0.174. The zero-order chi connectivity index (χ0) is 20.9. The van der Waals surface area contributed by atoms with Crippen LogP contribution >= 0.6 is 0 Å². The Labute approximate surface area is 171 Å². The van der Waals surface area contributed by atoms with Crippen LogP contribution in [0.2, 0.25) is 0 Å². The molecule has 0 bridgehead atoms. The Balaban J connectivity index is 1.59. The number of nitrogens with one attached hydrogen (secondary N) is 2. The summed E-state index contributed by atoms with van der Waals surface area (Å²) in [5.41, 5.74) is 3.33. The Bertz CT molecular complexity index is 1060. The first-order valence-corrected chi connectivity index (χ1v) is 10.8. The van der Waals surface area contributed by atoms with Crippen molar-refractivity contribution in [1.82, 2.24) is 10.0 Å². The topological polar surface area (TPSA) is 75.3 Å². The molecule has 1 atom stereocenters. The summed E-state index contributed by atoms with van der Waals surface area (Å²) in [6.07, 6.45) is 0. The van der Waals surface area contributed by atoms with Gasteiger partial charge in [-0.05, 0) is 49.2 Å². The van der Waals surface area contributed by atoms with Crippen molar-refractivity contribution in [1.29, 1.82) is 0 Å². The fourth-order valence-electron chi connectivity index (χ4n) is 2.86. The van der Waals surface area contributed by atoms with Gasteiger partial charge in [0.1, 0.15) is 0 Å². The SMILES string of the molecule is Cc1ccc(S(=O)(=O)NCc2ccc(C(=O)N[C@@H](C)c3ccccc3)cc2)cc1. The van der Waals surface area contributed by atoms with Gasteiger partial charge in [0.2, 0.25) is 10.0 Å². The van der Waals surface area contributed by atoms with Crippen molar-refractivity contribution >= 4 is 15.9 Å². The molecule has 5 nitrogen and oxygen atoms in total. The quantitative estimate of drug-likeness (QED) is 0.621. The van der Waals surface area contributed by atoms with Gasteiger partial charge in [0.25, 0.3) is 5.91 Å². The van der Waals surface area contributed by atoms with Crippen molar-refractivity contribution in [2.24, 2.45) is 0 Å². The van der Waals surface area contributed by atoms with E-state index in [0.717, 1.165) is 16.7 Å². The molecule has 0 aliphatic carbocycles. The predicted octanol–water partition coefficient (Wildman–Crippen LogP) is 3.96. The second-order valence-corrected chi connectivity index (χ2v) is 8.71. The molecule has 3 rings (SSSR count). The van der Waals surface area contributed by atoms with E-state index in [-0.39, 0.29) is 23.4 Å². The molecule has 2 N–H and O–H groups in total. The van der Waals surface area contributed by atoms with Crippen molar-refractivity contribution in [2.45, 2.75) is 31.3 Å². The van der Waals surface area contributed by atoms with Crippen LogP contribution in [0.25, 0.3) is 0 Å². The summed E-state index contributed by atoms with van der Waals surface area (Å²) in [5.74, 6) is -0.173. The summed E-state index contributed by atoms with van der Waals surface area (Å²) in [6.45, 7) is 3.99. The molecule has 3 aromatic rings. The van der Waals surface area contributed by atoms with Gasteiger partial charge in [-0.1, -0.05) is 60.2 Å². The number of hydrogen-bond acceptors (Lipinski definition) is 3. The zero-order valence-corrected chi connectivity index (χ0v) is 17.2. The lowest BCUT2D eigenvalue weighted by Gasteiger charge is -2.14. The molecule has 0 saturated heterocycles. The zero-order valence-electron chi connectivity index (χ0n) is 16.4. The minimum absolute atomic E-state index is 0.107. The standard InChI is InChI=1S/C23H24N2O3S/c1-17-8-14-22(15-9-17)29(27,28)24-16-19-10-12-21(13-11-19)23(26)25-18(2)20-6-4-3-5-7-20/h3-15,18,24H,16H2,1-2H3,(H,25,26)/t18-/m0/s1. The van der Waals surface area contributed by atoms with E-state index in [9.17, 15) is 13.2 Å². The first kappa shape index (κ1) is 20.8. The second kappa shape index (κ2) is 9.03. The molecule has 0 aromatic heterocycles. The Morgan fingerprint density at radius 3 is 2.14 bits per heavy atom. The number of carbonyl (C=O) groups excluding carboxylic acids is 1. The smallest absolute Gasteiger partial charge is 0.251 e. The highest BCUT2D eigenvalue weighted by molar-refractivity contribution is 7.89. The van der Waals surface area contributed by atoms with Gasteiger partial charge in [-0.25, -0.2) is 13.1 Å². The number of rotatable bonds is 7. The molecule has 3 aromatic carbocycles. The Morgan fingerprint density at radius 1 is 0.897 bits per heavy atom. The Morgan fingerprint density at radius 2 is 1.52 bits per heavy atom. The maximum atomic E-state index is 12.4. The highest BCUT2D eigenvalue weighted by Gasteiger charge is 2.14. The normalized spacial score (nSPS) is 12.3. The predicted molar refractivity (Wildman–Crippen MR) is 114 cm³/mol. The molecular weight excluding hydrogens is 384 g/mol. The van der Waals surface area contributed by atoms with Gasteiger partial charge < -0.3 is 5.32 Å². The molecule has 6 heteroatoms. The van der Waals surface area contributed by atoms with Crippen molar-refractivity contribution in [2.75, 3.05) is 0 Å². The summed E-state index contributed by atoms with van der Waals surface area (Å²) < 4.78 is 27.3. The molecule has 0 heterocycles. The van der Waals surface area contributed by atoms with Gasteiger partial charge >= 0.3 is 0 Å². The monoisotopic (exact) mass is 408 g/mol. The summed E-state index contributed by atoms with van der Waals surface area (Å²) in [4.78, 5) is 12.7. The minimum atomic E-state index is -3.58. The van der Waals surface area contributed by atoms with Gasteiger partial charge in [0.15, 0.2) is 0 Å². The number of sulfonamides is 1. The van der Waals surface area contributed by atoms with E-state index in [0.29, 0.717) is 5.56 Å². The summed E-state index contributed by atoms with van der Waals surface area (Å²) in [5, 5.41) is 2.96. The van der Waals surface area contributed by atoms with Gasteiger partial charge in [-0.3, -0.25) is 4.79 Å². The molecule has 0 aliphatic rings. The first-order valence-electron chi connectivity index (χ1n) is 9.36. The van der Waals surface area contributed by atoms with Gasteiger partial charge in [-0.15, -0.1) is 0 Å². The molecule has 0 radical (unpaired) electrons. The molecule has 1 amide bonds. The Hall–Kier alpha value is -2.96. The van der Waals surface area contributed by atoms with Crippen LogP contribution in [-0.2, 0) is 16.6 Å². The van der Waals surface area contributed by atoms with E-state index in [4.69, 9.17) is 0 Å². The molecule has 0 spiro atoms. The maximum absolute atomic E-state index is 12.4. The lowest BCUT2D eigenvalue weighted by atomic mass is 10.1. The van der Waals surface area contributed by atoms with Crippen LogP contribution < -0.4 is 10.0 Å². The summed E-state index contributed by atoms with van der Waals surface area (Å²) >= 11 is 0. The van der Waals surface area contributed by atoms with Crippen molar-refractivity contribution < 1.29 is 13.2 Å². The average molecular weight is 409 g/mol. The first-order chi connectivity index (χ1) is 13.8. The maximum Gasteiger partial charge on any atom is 0.251 e. The van der Waals surface area contributed by atoms with Crippen LogP contribution in [0, 0.1) is 6.92 Å². The average Bonchev–Trinajstić information content (AvgIpc) is 2.73. The van der Waals surface area contributed by atoms with Crippen LogP contribution in [0.5, 0.6) is 0 Å². The molecule has 150 valence electrons. The minimum Gasteiger partial charge on any atom is -0.346 e. The molecule has 0 saturated carbocycles. The Kier molecular flexibility index (Phi) is 6.46. The number of amides is 1. The summed E-state index contributed by atoms with van der Waals surface area (Å²) in [6, 6.07) is 23.2. The summed E-state index contributed by atoms with van der Waals surface area (Å²) in [7, 11) is -3.58. The van der Waals surface area contributed by atoms with E-state index in [2.05, 4.69) is 10.0 Å². The van der Waals surface area contributed by atoms with Gasteiger partial charge in [-0.2, -0.15) is 0 Å². The highest BCUT2D eigenvalue weighted by atomic mass is 32.2. The van der Waals surface area contributed by atoms with E-state index in [1.807, 2.05) is 44.2 Å². The molecule has 0 aliphatic heterocycles. The van der Waals surface area contributed by atoms with Crippen molar-refractivity contribution in [3.8, 4) is 0 Å². The van der Waals surface area contributed by atoms with E-state index < -0.39 is 10.0 Å². The molecule has 0 fully saturated rings. The van der Waals surface area contributed by atoms with E-state index in [1.54, 1.807) is 48.5 Å². The van der Waals surface area contributed by atoms with Crippen LogP contribution in [0.1, 0.15) is 40.0 Å². The lowest BCUT2D eigenvalue weighted by Crippen LogP contribution is -2.26. The third-order valence-electron chi connectivity index (χ3n) is 4.66. The van der Waals surface area contributed by atoms with Gasteiger partial charge in [0, 0.05) is 12.1 Å². The molecule has 0 unspecified atom stereocenters. The number of benzene rings is 3. The van der Waals surface area contributed by atoms with Gasteiger partial charge in [0.05, 0.1) is 10.9 Å². The van der Waals surface area contributed by atoms with E-state index in [1.165, 1.54) is 0 Å². The fourth-order valence-corrected chi connectivity index (χ4v) is 3.88. The third kappa shape index (κ3) is 5.53. The lowest BCUT2D eigenvalue weighted by molar-refractivity contribution is 0.0940. The van der Waals surface area contributed by atoms with Crippen molar-refractivity contribution in [3.05, 3.63) is 101 Å². The number of aryl methyl sites for hydroxylation is 1. The number of carbonyl (C=O) groups is 1. The number of hydrogen-bond donors (Lipinski definition) is 2. The highest BCUT2D eigenvalue weighted by Crippen LogP contribution is 2.14. The van der Waals surface area contributed by atoms with Crippen LogP contribution in [0.4, 0.5) is 0 Å².